The maximum absolute atomic E-state index is 4.39. The summed E-state index contributed by atoms with van der Waals surface area (Å²) in [6, 6.07) is 2.68. The number of hydrogen-bond donors (Lipinski definition) is 1. The van der Waals surface area contributed by atoms with Gasteiger partial charge in [-0.25, -0.2) is 9.97 Å². The number of aromatic nitrogens is 2. The minimum atomic E-state index is 0.571. The Bertz CT molecular complexity index is 508. The lowest BCUT2D eigenvalue weighted by Gasteiger charge is -2.30. The van der Waals surface area contributed by atoms with Crippen LogP contribution in [0.15, 0.2) is 17.8 Å². The molecule has 1 aliphatic carbocycles. The molecule has 2 atom stereocenters. The Balaban J connectivity index is 1.86. The average Bonchev–Trinajstić information content (AvgIpc) is 2.81. The topological polar surface area (TPSA) is 37.8 Å². The number of fused-ring (bicyclic) bond motifs is 1. The van der Waals surface area contributed by atoms with E-state index in [1.165, 1.54) is 25.7 Å². The zero-order chi connectivity index (χ0) is 11.7. The lowest BCUT2D eigenvalue weighted by Crippen LogP contribution is -2.30. The summed E-state index contributed by atoms with van der Waals surface area (Å²) in [4.78, 5) is 9.75. The van der Waals surface area contributed by atoms with Gasteiger partial charge in [-0.15, -0.1) is 11.3 Å². The molecule has 0 radical (unpaired) electrons. The molecular formula is C13H17N3S. The highest BCUT2D eigenvalue weighted by molar-refractivity contribution is 7.16. The fraction of sp³-hybridized carbons (Fsp3) is 0.538. The molecule has 1 N–H and O–H groups in total. The van der Waals surface area contributed by atoms with Gasteiger partial charge in [0.05, 0.1) is 5.39 Å². The summed E-state index contributed by atoms with van der Waals surface area (Å²) in [5.74, 6) is 1.75. The van der Waals surface area contributed by atoms with Crippen molar-refractivity contribution in [3.8, 4) is 0 Å². The maximum Gasteiger partial charge on any atom is 0.138 e. The molecule has 0 saturated heterocycles. The second-order valence-electron chi connectivity index (χ2n) is 4.87. The van der Waals surface area contributed by atoms with Crippen LogP contribution in [-0.4, -0.2) is 16.0 Å². The smallest absolute Gasteiger partial charge is 0.138 e. The molecule has 3 nitrogen and oxygen atoms in total. The van der Waals surface area contributed by atoms with Gasteiger partial charge in [-0.05, 0) is 30.2 Å². The molecule has 3 rings (SSSR count). The average molecular weight is 247 g/mol. The Kier molecular flexibility index (Phi) is 2.97. The van der Waals surface area contributed by atoms with E-state index in [2.05, 4.69) is 33.7 Å². The monoisotopic (exact) mass is 247 g/mol. The number of anilines is 1. The molecule has 1 saturated carbocycles. The Morgan fingerprint density at radius 1 is 1.29 bits per heavy atom. The van der Waals surface area contributed by atoms with Gasteiger partial charge in [0.25, 0.3) is 0 Å². The van der Waals surface area contributed by atoms with Gasteiger partial charge in [-0.2, -0.15) is 0 Å². The first-order valence-corrected chi connectivity index (χ1v) is 7.17. The van der Waals surface area contributed by atoms with Crippen LogP contribution in [0.3, 0.4) is 0 Å². The van der Waals surface area contributed by atoms with Gasteiger partial charge in [0.1, 0.15) is 17.0 Å². The summed E-state index contributed by atoms with van der Waals surface area (Å²) in [5, 5.41) is 6.86. The van der Waals surface area contributed by atoms with Crippen LogP contribution in [0.2, 0.25) is 0 Å². The predicted molar refractivity (Wildman–Crippen MR) is 72.5 cm³/mol. The van der Waals surface area contributed by atoms with E-state index >= 15 is 0 Å². The SMILES string of the molecule is C[C@@H]1CCCC[C@H]1Nc1ncnc2sccc12. The molecular weight excluding hydrogens is 230 g/mol. The highest BCUT2D eigenvalue weighted by Gasteiger charge is 2.22. The van der Waals surface area contributed by atoms with Gasteiger partial charge in [0.15, 0.2) is 0 Å². The van der Waals surface area contributed by atoms with Crippen LogP contribution < -0.4 is 5.32 Å². The molecule has 4 heteroatoms. The Labute approximate surface area is 105 Å². The van der Waals surface area contributed by atoms with Gasteiger partial charge in [0.2, 0.25) is 0 Å². The number of nitrogens with one attached hydrogen (secondary N) is 1. The molecule has 0 unspecified atom stereocenters. The highest BCUT2D eigenvalue weighted by Crippen LogP contribution is 2.29. The van der Waals surface area contributed by atoms with Crippen LogP contribution >= 0.6 is 11.3 Å². The molecule has 0 spiro atoms. The van der Waals surface area contributed by atoms with Crippen molar-refractivity contribution in [1.29, 1.82) is 0 Å². The normalized spacial score (nSPS) is 25.0. The molecule has 0 aromatic carbocycles. The Morgan fingerprint density at radius 3 is 3.06 bits per heavy atom. The van der Waals surface area contributed by atoms with Crippen molar-refractivity contribution in [1.82, 2.24) is 9.97 Å². The number of nitrogens with zero attached hydrogens (tertiary/aromatic N) is 2. The first-order valence-electron chi connectivity index (χ1n) is 6.29. The van der Waals surface area contributed by atoms with Crippen molar-refractivity contribution in [3.05, 3.63) is 17.8 Å². The summed E-state index contributed by atoms with van der Waals surface area (Å²) in [5.41, 5.74) is 0. The molecule has 90 valence electrons. The predicted octanol–water partition coefficient (Wildman–Crippen LogP) is 3.68. The zero-order valence-electron chi connectivity index (χ0n) is 10.0. The van der Waals surface area contributed by atoms with E-state index in [0.29, 0.717) is 6.04 Å². The van der Waals surface area contributed by atoms with Gasteiger partial charge in [-0.3, -0.25) is 0 Å². The van der Waals surface area contributed by atoms with Crippen molar-refractivity contribution in [2.75, 3.05) is 5.32 Å². The van der Waals surface area contributed by atoms with Crippen molar-refractivity contribution >= 4 is 27.4 Å². The highest BCUT2D eigenvalue weighted by atomic mass is 32.1. The van der Waals surface area contributed by atoms with E-state index in [0.717, 1.165) is 22.0 Å². The minimum absolute atomic E-state index is 0.571. The number of hydrogen-bond acceptors (Lipinski definition) is 4. The van der Waals surface area contributed by atoms with E-state index in [9.17, 15) is 0 Å². The summed E-state index contributed by atoms with van der Waals surface area (Å²) in [6.07, 6.45) is 6.96. The van der Waals surface area contributed by atoms with Crippen LogP contribution in [0.5, 0.6) is 0 Å². The summed E-state index contributed by atoms with van der Waals surface area (Å²) < 4.78 is 0. The van der Waals surface area contributed by atoms with Crippen molar-refractivity contribution in [2.45, 2.75) is 38.6 Å². The third kappa shape index (κ3) is 2.14. The summed E-state index contributed by atoms with van der Waals surface area (Å²) in [7, 11) is 0. The van der Waals surface area contributed by atoms with Gasteiger partial charge >= 0.3 is 0 Å². The van der Waals surface area contributed by atoms with Crippen molar-refractivity contribution < 1.29 is 0 Å². The maximum atomic E-state index is 4.39. The van der Waals surface area contributed by atoms with E-state index < -0.39 is 0 Å². The molecule has 1 fully saturated rings. The third-order valence-electron chi connectivity index (χ3n) is 3.70. The van der Waals surface area contributed by atoms with Gasteiger partial charge in [-0.1, -0.05) is 19.8 Å². The molecule has 0 bridgehead atoms. The number of thiophene rings is 1. The van der Waals surface area contributed by atoms with Crippen LogP contribution in [0, 0.1) is 5.92 Å². The third-order valence-corrected chi connectivity index (χ3v) is 4.52. The molecule has 2 aromatic heterocycles. The van der Waals surface area contributed by atoms with E-state index in [1.807, 2.05) is 0 Å². The van der Waals surface area contributed by atoms with Crippen LogP contribution in [-0.2, 0) is 0 Å². The van der Waals surface area contributed by atoms with E-state index in [1.54, 1.807) is 17.7 Å². The second kappa shape index (κ2) is 4.61. The first-order chi connectivity index (χ1) is 8.34. The first kappa shape index (κ1) is 11.0. The van der Waals surface area contributed by atoms with Gasteiger partial charge < -0.3 is 5.32 Å². The van der Waals surface area contributed by atoms with Crippen LogP contribution in [0.1, 0.15) is 32.6 Å². The largest absolute Gasteiger partial charge is 0.366 e. The number of rotatable bonds is 2. The summed E-state index contributed by atoms with van der Waals surface area (Å²) >= 11 is 1.67. The fourth-order valence-corrected chi connectivity index (χ4v) is 3.34. The van der Waals surface area contributed by atoms with Gasteiger partial charge in [0, 0.05) is 6.04 Å². The Hall–Kier alpha value is -1.16. The Morgan fingerprint density at radius 2 is 2.18 bits per heavy atom. The lowest BCUT2D eigenvalue weighted by atomic mass is 9.86. The lowest BCUT2D eigenvalue weighted by molar-refractivity contribution is 0.349. The molecule has 0 aliphatic heterocycles. The standard InChI is InChI=1S/C13H17N3S/c1-9-4-2-3-5-11(9)16-12-10-6-7-17-13(10)15-8-14-12/h6-9,11H,2-5H2,1H3,(H,14,15,16)/t9-,11-/m1/s1. The van der Waals surface area contributed by atoms with E-state index in [-0.39, 0.29) is 0 Å². The van der Waals surface area contributed by atoms with E-state index in [4.69, 9.17) is 0 Å². The summed E-state index contributed by atoms with van der Waals surface area (Å²) in [6.45, 7) is 2.34. The molecule has 2 heterocycles. The molecule has 2 aromatic rings. The zero-order valence-corrected chi connectivity index (χ0v) is 10.8. The molecule has 0 amide bonds. The quantitative estimate of drug-likeness (QED) is 0.879. The fourth-order valence-electron chi connectivity index (χ4n) is 2.61. The molecule has 1 aliphatic rings. The van der Waals surface area contributed by atoms with Crippen LogP contribution in [0.4, 0.5) is 5.82 Å². The van der Waals surface area contributed by atoms with Crippen LogP contribution in [0.25, 0.3) is 10.2 Å². The van der Waals surface area contributed by atoms with Crippen molar-refractivity contribution in [2.24, 2.45) is 5.92 Å². The molecule has 17 heavy (non-hydrogen) atoms. The van der Waals surface area contributed by atoms with Crippen molar-refractivity contribution in [3.63, 3.8) is 0 Å². The second-order valence-corrected chi connectivity index (χ2v) is 5.77. The minimum Gasteiger partial charge on any atom is -0.366 e.